The first-order valence-electron chi connectivity index (χ1n) is 9.98. The fourth-order valence-corrected chi connectivity index (χ4v) is 3.93. The molecule has 3 aromatic carbocycles. The predicted octanol–water partition coefficient (Wildman–Crippen LogP) is 5.41. The van der Waals surface area contributed by atoms with E-state index in [9.17, 15) is 19.2 Å². The molecule has 0 unspecified atom stereocenters. The van der Waals surface area contributed by atoms with Crippen LogP contribution in [0.5, 0.6) is 5.75 Å². The zero-order valence-electron chi connectivity index (χ0n) is 17.7. The third kappa shape index (κ3) is 5.00. The molecule has 1 fully saturated rings. The van der Waals surface area contributed by atoms with Crippen molar-refractivity contribution in [3.63, 3.8) is 0 Å². The number of halogens is 2. The van der Waals surface area contributed by atoms with Crippen LogP contribution in [-0.4, -0.2) is 23.8 Å². The Balaban J connectivity index is 1.71. The Morgan fingerprint density at radius 3 is 2.35 bits per heavy atom. The highest BCUT2D eigenvalue weighted by Crippen LogP contribution is 2.29. The maximum absolute atomic E-state index is 13.2. The number of aryl methyl sites for hydroxylation is 1. The summed E-state index contributed by atoms with van der Waals surface area (Å²) in [6.07, 6.45) is 1.29. The topological polar surface area (TPSA) is 92.8 Å². The molecule has 7 nitrogen and oxygen atoms in total. The van der Waals surface area contributed by atoms with Crippen LogP contribution in [-0.2, 0) is 9.59 Å². The Kier molecular flexibility index (Phi) is 6.76. The normalized spacial score (nSPS) is 14.9. The van der Waals surface area contributed by atoms with Gasteiger partial charge in [-0.15, -0.1) is 0 Å². The molecule has 0 atom stereocenters. The fraction of sp³-hybridized carbons (Fsp3) is 0.0400. The molecule has 1 heterocycles. The van der Waals surface area contributed by atoms with E-state index in [4.69, 9.17) is 4.74 Å². The van der Waals surface area contributed by atoms with Crippen molar-refractivity contribution in [3.05, 3.63) is 97.9 Å². The van der Waals surface area contributed by atoms with Gasteiger partial charge in [0, 0.05) is 14.5 Å². The van der Waals surface area contributed by atoms with Crippen molar-refractivity contribution in [1.82, 2.24) is 5.32 Å². The van der Waals surface area contributed by atoms with Gasteiger partial charge in [0.1, 0.15) is 11.3 Å². The van der Waals surface area contributed by atoms with Crippen LogP contribution >= 0.6 is 31.9 Å². The predicted molar refractivity (Wildman–Crippen MR) is 133 cm³/mol. The standard InChI is InChI=1S/C25H16Br2N2O5/c1-14-3-2-4-19(11-14)29-23(31)20(22(30)28-25(29)33)13-16-12-18(27)9-10-21(16)34-24(32)15-5-7-17(26)8-6-15/h2-13H,1H3,(H,28,30,33)/b20-13-. The van der Waals surface area contributed by atoms with E-state index in [1.807, 2.05) is 13.0 Å². The second-order valence-corrected chi connectivity index (χ2v) is 9.21. The minimum atomic E-state index is -0.843. The Morgan fingerprint density at radius 2 is 1.65 bits per heavy atom. The number of esters is 1. The summed E-state index contributed by atoms with van der Waals surface area (Å²) in [5.74, 6) is -2.10. The Bertz CT molecular complexity index is 1370. The maximum Gasteiger partial charge on any atom is 0.343 e. The lowest BCUT2D eigenvalue weighted by atomic mass is 10.1. The lowest BCUT2D eigenvalue weighted by Gasteiger charge is -2.26. The summed E-state index contributed by atoms with van der Waals surface area (Å²) < 4.78 is 6.99. The van der Waals surface area contributed by atoms with Gasteiger partial charge in [0.2, 0.25) is 0 Å². The minimum Gasteiger partial charge on any atom is -0.422 e. The Hall–Kier alpha value is -3.56. The number of barbiturate groups is 1. The van der Waals surface area contributed by atoms with Gasteiger partial charge < -0.3 is 4.74 Å². The van der Waals surface area contributed by atoms with Crippen molar-refractivity contribution in [2.75, 3.05) is 4.90 Å². The molecule has 9 heteroatoms. The van der Waals surface area contributed by atoms with E-state index in [1.165, 1.54) is 6.08 Å². The molecule has 3 aromatic rings. The van der Waals surface area contributed by atoms with Crippen molar-refractivity contribution in [1.29, 1.82) is 0 Å². The average Bonchev–Trinajstić information content (AvgIpc) is 2.78. The number of carbonyl (C=O) groups excluding carboxylic acids is 4. The third-order valence-corrected chi connectivity index (χ3v) is 5.94. The Morgan fingerprint density at radius 1 is 0.941 bits per heavy atom. The number of nitrogens with zero attached hydrogens (tertiary/aromatic N) is 1. The van der Waals surface area contributed by atoms with Gasteiger partial charge in [-0.05, 0) is 73.2 Å². The first-order chi connectivity index (χ1) is 16.2. The highest BCUT2D eigenvalue weighted by Gasteiger charge is 2.37. The number of urea groups is 1. The first kappa shape index (κ1) is 23.6. The second kappa shape index (κ2) is 9.74. The van der Waals surface area contributed by atoms with E-state index in [0.717, 1.165) is 14.9 Å². The van der Waals surface area contributed by atoms with Gasteiger partial charge in [-0.25, -0.2) is 14.5 Å². The SMILES string of the molecule is Cc1cccc(N2C(=O)NC(=O)/C(=C/c3cc(Br)ccc3OC(=O)c3ccc(Br)cc3)C2=O)c1. The van der Waals surface area contributed by atoms with Gasteiger partial charge >= 0.3 is 12.0 Å². The van der Waals surface area contributed by atoms with E-state index >= 15 is 0 Å². The molecule has 4 amide bonds. The van der Waals surface area contributed by atoms with E-state index in [2.05, 4.69) is 37.2 Å². The van der Waals surface area contributed by atoms with Crippen molar-refractivity contribution >= 4 is 67.4 Å². The van der Waals surface area contributed by atoms with E-state index in [-0.39, 0.29) is 11.3 Å². The van der Waals surface area contributed by atoms with Crippen LogP contribution < -0.4 is 15.0 Å². The number of amides is 4. The summed E-state index contributed by atoms with van der Waals surface area (Å²) >= 11 is 6.67. The first-order valence-corrected chi connectivity index (χ1v) is 11.6. The van der Waals surface area contributed by atoms with Crippen LogP contribution in [0.2, 0.25) is 0 Å². The number of hydrogen-bond donors (Lipinski definition) is 1. The van der Waals surface area contributed by atoms with Gasteiger partial charge in [0.15, 0.2) is 0 Å². The lowest BCUT2D eigenvalue weighted by Crippen LogP contribution is -2.54. The Labute approximate surface area is 211 Å². The summed E-state index contributed by atoms with van der Waals surface area (Å²) in [4.78, 5) is 51.7. The van der Waals surface area contributed by atoms with Crippen molar-refractivity contribution in [2.24, 2.45) is 0 Å². The summed E-state index contributed by atoms with van der Waals surface area (Å²) in [6, 6.07) is 17.4. The van der Waals surface area contributed by atoms with Crippen molar-refractivity contribution in [3.8, 4) is 5.75 Å². The molecule has 1 N–H and O–H groups in total. The van der Waals surface area contributed by atoms with Crippen LogP contribution in [0, 0.1) is 6.92 Å². The summed E-state index contributed by atoms with van der Waals surface area (Å²) in [7, 11) is 0. The van der Waals surface area contributed by atoms with Gasteiger partial charge in [-0.1, -0.05) is 44.0 Å². The monoisotopic (exact) mass is 582 g/mol. The number of rotatable bonds is 4. The van der Waals surface area contributed by atoms with Crippen LogP contribution in [0.1, 0.15) is 21.5 Å². The van der Waals surface area contributed by atoms with E-state index in [0.29, 0.717) is 21.3 Å². The molecule has 0 bridgehead atoms. The third-order valence-electron chi connectivity index (χ3n) is 4.92. The summed E-state index contributed by atoms with van der Waals surface area (Å²) in [5.41, 5.74) is 1.52. The van der Waals surface area contributed by atoms with Crippen LogP contribution in [0.3, 0.4) is 0 Å². The molecule has 1 saturated heterocycles. The number of hydrogen-bond acceptors (Lipinski definition) is 5. The van der Waals surface area contributed by atoms with Gasteiger partial charge in [0.05, 0.1) is 11.3 Å². The maximum atomic E-state index is 13.2. The van der Waals surface area contributed by atoms with E-state index in [1.54, 1.807) is 60.7 Å². The molecule has 1 aliphatic heterocycles. The average molecular weight is 584 g/mol. The molecule has 4 rings (SSSR count). The van der Waals surface area contributed by atoms with Crippen LogP contribution in [0.4, 0.5) is 10.5 Å². The number of carbonyl (C=O) groups is 4. The lowest BCUT2D eigenvalue weighted by molar-refractivity contribution is -0.122. The smallest absolute Gasteiger partial charge is 0.343 e. The molecular weight excluding hydrogens is 568 g/mol. The number of imide groups is 2. The van der Waals surface area contributed by atoms with E-state index < -0.39 is 23.8 Å². The molecule has 0 aliphatic carbocycles. The summed E-state index contributed by atoms with van der Waals surface area (Å²) in [6.45, 7) is 1.82. The minimum absolute atomic E-state index is 0.142. The fourth-order valence-electron chi connectivity index (χ4n) is 3.28. The van der Waals surface area contributed by atoms with Gasteiger partial charge in [-0.2, -0.15) is 0 Å². The van der Waals surface area contributed by atoms with Crippen molar-refractivity contribution < 1.29 is 23.9 Å². The molecular formula is C25H16Br2N2O5. The molecule has 1 aliphatic rings. The van der Waals surface area contributed by atoms with Gasteiger partial charge in [0.25, 0.3) is 11.8 Å². The molecule has 34 heavy (non-hydrogen) atoms. The largest absolute Gasteiger partial charge is 0.422 e. The molecule has 0 spiro atoms. The van der Waals surface area contributed by atoms with Gasteiger partial charge in [-0.3, -0.25) is 14.9 Å². The molecule has 0 radical (unpaired) electrons. The van der Waals surface area contributed by atoms with Crippen LogP contribution in [0.25, 0.3) is 6.08 Å². The second-order valence-electron chi connectivity index (χ2n) is 7.38. The number of benzene rings is 3. The molecule has 170 valence electrons. The highest BCUT2D eigenvalue weighted by atomic mass is 79.9. The number of nitrogens with one attached hydrogen (secondary N) is 1. The van der Waals surface area contributed by atoms with Crippen molar-refractivity contribution in [2.45, 2.75) is 6.92 Å². The molecule has 0 saturated carbocycles. The zero-order valence-corrected chi connectivity index (χ0v) is 20.8. The quantitative estimate of drug-likeness (QED) is 0.192. The summed E-state index contributed by atoms with van der Waals surface area (Å²) in [5, 5.41) is 2.19. The molecule has 0 aromatic heterocycles. The zero-order chi connectivity index (χ0) is 24.4. The number of ether oxygens (including phenoxy) is 1. The number of anilines is 1. The highest BCUT2D eigenvalue weighted by molar-refractivity contribution is 9.10. The van der Waals surface area contributed by atoms with Crippen LogP contribution in [0.15, 0.2) is 81.2 Å².